The van der Waals surface area contributed by atoms with Crippen LogP contribution in [0.25, 0.3) is 0 Å². The van der Waals surface area contributed by atoms with E-state index in [1.807, 2.05) is 0 Å². The number of hydrogen-bond donors (Lipinski definition) is 1. The minimum absolute atomic E-state index is 0.345. The molecule has 2 aliphatic rings. The Bertz CT molecular complexity index is 444. The molecule has 0 bridgehead atoms. The molecule has 1 heterocycles. The Morgan fingerprint density at radius 1 is 1.14 bits per heavy atom. The van der Waals surface area contributed by atoms with Crippen molar-refractivity contribution in [2.75, 3.05) is 19.6 Å². The largest absolute Gasteiger partial charge is 0.307 e. The molecule has 1 aromatic rings. The minimum Gasteiger partial charge on any atom is -0.307 e. The second-order valence-corrected chi connectivity index (χ2v) is 7.98. The molecule has 0 amide bonds. The van der Waals surface area contributed by atoms with Crippen molar-refractivity contribution >= 4 is 0 Å². The molecule has 2 heteroatoms. The molecule has 1 saturated carbocycles. The predicted octanol–water partition coefficient (Wildman–Crippen LogP) is 3.85. The molecule has 2 atom stereocenters. The Morgan fingerprint density at radius 3 is 2.48 bits per heavy atom. The third kappa shape index (κ3) is 3.87. The van der Waals surface area contributed by atoms with E-state index >= 15 is 0 Å². The van der Waals surface area contributed by atoms with Gasteiger partial charge in [-0.05, 0) is 29.9 Å². The number of hydrogen-bond acceptors (Lipinski definition) is 2. The molecular weight excluding hydrogens is 256 g/mol. The standard InChI is InChI=1S/C19H30N2/c1-19(2,3)18-13-20-17(16-7-5-4-6-8-16)14-21(18)12-11-15-9-10-15/h4-8,15,17-18,20H,9-14H2,1-3H3. The van der Waals surface area contributed by atoms with Crippen molar-refractivity contribution in [3.63, 3.8) is 0 Å². The lowest BCUT2D eigenvalue weighted by Crippen LogP contribution is -2.57. The van der Waals surface area contributed by atoms with Crippen molar-refractivity contribution in [2.45, 2.75) is 52.1 Å². The van der Waals surface area contributed by atoms with Crippen LogP contribution >= 0.6 is 0 Å². The van der Waals surface area contributed by atoms with Crippen LogP contribution < -0.4 is 5.32 Å². The average molecular weight is 286 g/mol. The predicted molar refractivity (Wildman–Crippen MR) is 89.3 cm³/mol. The molecule has 0 aromatic heterocycles. The van der Waals surface area contributed by atoms with Crippen molar-refractivity contribution < 1.29 is 0 Å². The molecule has 0 spiro atoms. The van der Waals surface area contributed by atoms with Crippen molar-refractivity contribution in [2.24, 2.45) is 11.3 Å². The Morgan fingerprint density at radius 2 is 1.86 bits per heavy atom. The van der Waals surface area contributed by atoms with Gasteiger partial charge in [0.2, 0.25) is 0 Å². The first-order valence-electron chi connectivity index (χ1n) is 8.56. The third-order valence-electron chi connectivity index (χ3n) is 5.14. The second kappa shape index (κ2) is 6.10. The van der Waals surface area contributed by atoms with Crippen molar-refractivity contribution in [3.05, 3.63) is 35.9 Å². The van der Waals surface area contributed by atoms with E-state index < -0.39 is 0 Å². The van der Waals surface area contributed by atoms with E-state index in [0.29, 0.717) is 17.5 Å². The van der Waals surface area contributed by atoms with E-state index in [0.717, 1.165) is 19.0 Å². The highest BCUT2D eigenvalue weighted by molar-refractivity contribution is 5.20. The van der Waals surface area contributed by atoms with E-state index in [2.05, 4.69) is 61.3 Å². The summed E-state index contributed by atoms with van der Waals surface area (Å²) >= 11 is 0. The first-order valence-corrected chi connectivity index (χ1v) is 8.56. The van der Waals surface area contributed by atoms with Crippen LogP contribution in [0.2, 0.25) is 0 Å². The van der Waals surface area contributed by atoms with E-state index in [1.165, 1.54) is 31.4 Å². The fraction of sp³-hybridized carbons (Fsp3) is 0.684. The maximum absolute atomic E-state index is 3.78. The summed E-state index contributed by atoms with van der Waals surface area (Å²) in [6.45, 7) is 10.7. The smallest absolute Gasteiger partial charge is 0.0449 e. The van der Waals surface area contributed by atoms with Gasteiger partial charge in [0.1, 0.15) is 0 Å². The highest BCUT2D eigenvalue weighted by Gasteiger charge is 2.36. The number of benzene rings is 1. The van der Waals surface area contributed by atoms with E-state index in [-0.39, 0.29) is 0 Å². The van der Waals surface area contributed by atoms with Crippen molar-refractivity contribution in [3.8, 4) is 0 Å². The Balaban J connectivity index is 1.69. The van der Waals surface area contributed by atoms with Gasteiger partial charge in [-0.25, -0.2) is 0 Å². The van der Waals surface area contributed by atoms with Crippen molar-refractivity contribution in [1.82, 2.24) is 10.2 Å². The van der Waals surface area contributed by atoms with Crippen LogP contribution in [0.5, 0.6) is 0 Å². The summed E-state index contributed by atoms with van der Waals surface area (Å²) in [6.07, 6.45) is 4.33. The molecule has 1 aliphatic heterocycles. The van der Waals surface area contributed by atoms with Crippen molar-refractivity contribution in [1.29, 1.82) is 0 Å². The van der Waals surface area contributed by atoms with Crippen LogP contribution in [0.1, 0.15) is 51.6 Å². The summed E-state index contributed by atoms with van der Waals surface area (Å²) < 4.78 is 0. The van der Waals surface area contributed by atoms with Gasteiger partial charge in [0.05, 0.1) is 0 Å². The molecule has 0 radical (unpaired) electrons. The lowest BCUT2D eigenvalue weighted by Gasteiger charge is -2.46. The van der Waals surface area contributed by atoms with Gasteiger partial charge in [-0.3, -0.25) is 4.90 Å². The minimum atomic E-state index is 0.345. The van der Waals surface area contributed by atoms with Crippen LogP contribution in [0.3, 0.4) is 0 Å². The second-order valence-electron chi connectivity index (χ2n) is 7.98. The van der Waals surface area contributed by atoms with Gasteiger partial charge in [0, 0.05) is 25.2 Å². The van der Waals surface area contributed by atoms with E-state index in [9.17, 15) is 0 Å². The molecule has 1 aliphatic carbocycles. The zero-order valence-electron chi connectivity index (χ0n) is 13.8. The molecule has 1 aromatic carbocycles. The van der Waals surface area contributed by atoms with Gasteiger partial charge in [-0.2, -0.15) is 0 Å². The lowest BCUT2D eigenvalue weighted by atomic mass is 9.83. The molecule has 2 unspecified atom stereocenters. The van der Waals surface area contributed by atoms with E-state index in [4.69, 9.17) is 0 Å². The number of rotatable bonds is 4. The van der Waals surface area contributed by atoms with Crippen LogP contribution in [-0.2, 0) is 0 Å². The zero-order chi connectivity index (χ0) is 14.9. The zero-order valence-corrected chi connectivity index (χ0v) is 13.8. The van der Waals surface area contributed by atoms with E-state index in [1.54, 1.807) is 0 Å². The maximum atomic E-state index is 3.78. The summed E-state index contributed by atoms with van der Waals surface area (Å²) in [5.74, 6) is 1.02. The number of nitrogens with zero attached hydrogens (tertiary/aromatic N) is 1. The van der Waals surface area contributed by atoms with Crippen LogP contribution in [0.15, 0.2) is 30.3 Å². The monoisotopic (exact) mass is 286 g/mol. The quantitative estimate of drug-likeness (QED) is 0.904. The lowest BCUT2D eigenvalue weighted by molar-refractivity contribution is 0.0533. The van der Waals surface area contributed by atoms with Crippen LogP contribution in [-0.4, -0.2) is 30.6 Å². The van der Waals surface area contributed by atoms with Gasteiger partial charge < -0.3 is 5.32 Å². The summed E-state index contributed by atoms with van der Waals surface area (Å²) in [6, 6.07) is 12.1. The summed E-state index contributed by atoms with van der Waals surface area (Å²) in [4.78, 5) is 2.76. The molecule has 2 nitrogen and oxygen atoms in total. The topological polar surface area (TPSA) is 15.3 Å². The summed E-state index contributed by atoms with van der Waals surface area (Å²) in [5.41, 5.74) is 1.78. The van der Waals surface area contributed by atoms with Crippen LogP contribution in [0.4, 0.5) is 0 Å². The van der Waals surface area contributed by atoms with Gasteiger partial charge >= 0.3 is 0 Å². The Hall–Kier alpha value is -0.860. The fourth-order valence-electron chi connectivity index (χ4n) is 3.57. The molecular formula is C19H30N2. The fourth-order valence-corrected chi connectivity index (χ4v) is 3.57. The average Bonchev–Trinajstić information content (AvgIpc) is 3.29. The van der Waals surface area contributed by atoms with Gasteiger partial charge in [0.25, 0.3) is 0 Å². The Kier molecular flexibility index (Phi) is 4.37. The number of piperazine rings is 1. The molecule has 3 rings (SSSR count). The normalized spacial score (nSPS) is 27.8. The first kappa shape index (κ1) is 15.1. The number of nitrogens with one attached hydrogen (secondary N) is 1. The maximum Gasteiger partial charge on any atom is 0.0449 e. The highest BCUT2D eigenvalue weighted by Crippen LogP contribution is 2.35. The molecule has 21 heavy (non-hydrogen) atoms. The third-order valence-corrected chi connectivity index (χ3v) is 5.14. The SMILES string of the molecule is CC(C)(C)C1CNC(c2ccccc2)CN1CCC1CC1. The van der Waals surface area contributed by atoms with Gasteiger partial charge in [-0.1, -0.05) is 63.9 Å². The molecule has 2 fully saturated rings. The van der Waals surface area contributed by atoms with Gasteiger partial charge in [-0.15, -0.1) is 0 Å². The van der Waals surface area contributed by atoms with Gasteiger partial charge in [0.15, 0.2) is 0 Å². The van der Waals surface area contributed by atoms with Crippen LogP contribution in [0, 0.1) is 11.3 Å². The molecule has 1 saturated heterocycles. The molecule has 1 N–H and O–H groups in total. The summed E-state index contributed by atoms with van der Waals surface area (Å²) in [7, 11) is 0. The summed E-state index contributed by atoms with van der Waals surface area (Å²) in [5, 5.41) is 3.78. The Labute approximate surface area is 129 Å². The first-order chi connectivity index (χ1) is 10.0. The highest BCUT2D eigenvalue weighted by atomic mass is 15.2. The molecule has 116 valence electrons.